The lowest BCUT2D eigenvalue weighted by Crippen LogP contribution is -2.21. The predicted molar refractivity (Wildman–Crippen MR) is 83.0 cm³/mol. The van der Waals surface area contributed by atoms with Gasteiger partial charge in [0.15, 0.2) is 0 Å². The molecule has 0 spiro atoms. The number of para-hydroxylation sites is 1. The molecule has 0 radical (unpaired) electrons. The maximum absolute atomic E-state index is 13.6. The Bertz CT molecular complexity index is 950. The number of ether oxygens (including phenoxy) is 1. The quantitative estimate of drug-likeness (QED) is 0.779. The number of rotatable bonds is 3. The highest BCUT2D eigenvalue weighted by molar-refractivity contribution is 6.05. The number of hydrogen-bond donors (Lipinski definition) is 2. The summed E-state index contributed by atoms with van der Waals surface area (Å²) in [5.41, 5.74) is 0.214. The Morgan fingerprint density at radius 1 is 1.22 bits per heavy atom. The van der Waals surface area contributed by atoms with E-state index in [-0.39, 0.29) is 16.8 Å². The van der Waals surface area contributed by atoms with E-state index in [1.165, 1.54) is 31.4 Å². The minimum absolute atomic E-state index is 0.00834. The van der Waals surface area contributed by atoms with E-state index in [4.69, 9.17) is 14.6 Å². The topological polar surface area (TPSA) is 75.3 Å². The van der Waals surface area contributed by atoms with Crippen molar-refractivity contribution in [1.82, 2.24) is 0 Å². The highest BCUT2D eigenvalue weighted by Crippen LogP contribution is 2.21. The summed E-state index contributed by atoms with van der Waals surface area (Å²) in [5.74, 6) is -0.564. The van der Waals surface area contributed by atoms with Crippen LogP contribution in [-0.2, 0) is 0 Å². The fourth-order valence-electron chi connectivity index (χ4n) is 2.17. The van der Waals surface area contributed by atoms with E-state index in [2.05, 4.69) is 5.32 Å². The van der Waals surface area contributed by atoms with E-state index < -0.39 is 11.7 Å². The molecule has 5 nitrogen and oxygen atoms in total. The summed E-state index contributed by atoms with van der Waals surface area (Å²) in [6.45, 7) is 0. The van der Waals surface area contributed by atoms with E-state index in [9.17, 15) is 9.18 Å². The molecule has 0 aliphatic rings. The van der Waals surface area contributed by atoms with Crippen LogP contribution in [0.1, 0.15) is 10.4 Å². The van der Waals surface area contributed by atoms with Crippen LogP contribution in [-0.4, -0.2) is 13.0 Å². The van der Waals surface area contributed by atoms with Gasteiger partial charge in [0.05, 0.1) is 12.8 Å². The molecule has 2 N–H and O–H groups in total. The minimum Gasteiger partial charge on any atom is -0.497 e. The molecule has 0 aliphatic heterocycles. The summed E-state index contributed by atoms with van der Waals surface area (Å²) in [7, 11) is 1.53. The van der Waals surface area contributed by atoms with E-state index >= 15 is 0 Å². The van der Waals surface area contributed by atoms with Gasteiger partial charge in [-0.05, 0) is 36.4 Å². The van der Waals surface area contributed by atoms with Gasteiger partial charge in [0, 0.05) is 5.39 Å². The number of hydrogen-bond acceptors (Lipinski definition) is 4. The van der Waals surface area contributed by atoms with Gasteiger partial charge in [-0.25, -0.2) is 4.39 Å². The molecule has 116 valence electrons. The standard InChI is InChI=1S/C17H13FN2O3/c1-22-11-6-7-15-10(8-11)9-12(16(19)23-15)17(21)20-14-5-3-2-4-13(14)18/h2-9,19H,1H3,(H,20,21). The first-order valence-electron chi connectivity index (χ1n) is 6.81. The Hall–Kier alpha value is -3.15. The average molecular weight is 312 g/mol. The molecule has 1 heterocycles. The van der Waals surface area contributed by atoms with Crippen LogP contribution < -0.4 is 15.6 Å². The molecule has 1 amide bonds. The Morgan fingerprint density at radius 2 is 2.00 bits per heavy atom. The minimum atomic E-state index is -0.617. The van der Waals surface area contributed by atoms with Crippen molar-refractivity contribution in [2.75, 3.05) is 12.4 Å². The lowest BCUT2D eigenvalue weighted by Gasteiger charge is -2.07. The van der Waals surface area contributed by atoms with Crippen molar-refractivity contribution in [3.8, 4) is 5.75 Å². The third kappa shape index (κ3) is 2.91. The number of fused-ring (bicyclic) bond motifs is 1. The zero-order valence-corrected chi connectivity index (χ0v) is 12.2. The number of carbonyl (C=O) groups is 1. The number of carbonyl (C=O) groups excluding carboxylic acids is 1. The molecule has 1 aromatic heterocycles. The van der Waals surface area contributed by atoms with Gasteiger partial charge < -0.3 is 14.5 Å². The SMILES string of the molecule is COc1ccc2oc(=N)c(C(=O)Nc3ccccc3F)cc2c1. The van der Waals surface area contributed by atoms with Crippen LogP contribution in [0.3, 0.4) is 0 Å². The van der Waals surface area contributed by atoms with E-state index in [1.807, 2.05) is 0 Å². The Labute approximate surface area is 130 Å². The molecular weight excluding hydrogens is 299 g/mol. The maximum Gasteiger partial charge on any atom is 0.261 e. The number of amides is 1. The molecule has 2 aromatic carbocycles. The Balaban J connectivity index is 2.01. The summed E-state index contributed by atoms with van der Waals surface area (Å²) >= 11 is 0. The van der Waals surface area contributed by atoms with Crippen molar-refractivity contribution >= 4 is 22.6 Å². The van der Waals surface area contributed by atoms with Gasteiger partial charge >= 0.3 is 0 Å². The number of methoxy groups -OCH3 is 1. The Kier molecular flexibility index (Phi) is 3.80. The molecule has 6 heteroatoms. The molecule has 0 saturated heterocycles. The summed E-state index contributed by atoms with van der Waals surface area (Å²) < 4.78 is 24.1. The van der Waals surface area contributed by atoms with Crippen LogP contribution in [0.15, 0.2) is 52.9 Å². The largest absolute Gasteiger partial charge is 0.497 e. The van der Waals surface area contributed by atoms with Crippen molar-refractivity contribution in [3.63, 3.8) is 0 Å². The lowest BCUT2D eigenvalue weighted by atomic mass is 10.1. The normalized spacial score (nSPS) is 10.5. The van der Waals surface area contributed by atoms with Gasteiger partial charge in [0.1, 0.15) is 22.7 Å². The first kappa shape index (κ1) is 14.8. The molecular formula is C17H13FN2O3. The van der Waals surface area contributed by atoms with Crippen LogP contribution >= 0.6 is 0 Å². The van der Waals surface area contributed by atoms with E-state index in [1.54, 1.807) is 24.3 Å². The molecule has 0 unspecified atom stereocenters. The number of halogens is 1. The third-order valence-electron chi connectivity index (χ3n) is 3.34. The lowest BCUT2D eigenvalue weighted by molar-refractivity contribution is 0.102. The molecule has 3 rings (SSSR count). The first-order chi connectivity index (χ1) is 11.1. The Morgan fingerprint density at radius 3 is 2.74 bits per heavy atom. The van der Waals surface area contributed by atoms with Crippen LogP contribution in [0.25, 0.3) is 11.0 Å². The first-order valence-corrected chi connectivity index (χ1v) is 6.81. The summed E-state index contributed by atoms with van der Waals surface area (Å²) in [6, 6.07) is 12.4. The molecule has 0 saturated carbocycles. The summed E-state index contributed by atoms with van der Waals surface area (Å²) in [5, 5.41) is 10.9. The molecule has 23 heavy (non-hydrogen) atoms. The van der Waals surface area contributed by atoms with Gasteiger partial charge in [-0.2, -0.15) is 0 Å². The van der Waals surface area contributed by atoms with Gasteiger partial charge in [0.2, 0.25) is 5.55 Å². The van der Waals surface area contributed by atoms with Crippen molar-refractivity contribution in [3.05, 3.63) is 65.5 Å². The van der Waals surface area contributed by atoms with Crippen molar-refractivity contribution in [1.29, 1.82) is 5.41 Å². The van der Waals surface area contributed by atoms with Gasteiger partial charge in [-0.3, -0.25) is 10.2 Å². The van der Waals surface area contributed by atoms with E-state index in [0.717, 1.165) is 0 Å². The summed E-state index contributed by atoms with van der Waals surface area (Å²) in [6.07, 6.45) is 0. The predicted octanol–water partition coefficient (Wildman–Crippen LogP) is 3.31. The van der Waals surface area contributed by atoms with Crippen LogP contribution in [0.5, 0.6) is 5.75 Å². The number of anilines is 1. The van der Waals surface area contributed by atoms with Crippen LogP contribution in [0, 0.1) is 11.2 Å². The average Bonchev–Trinajstić information content (AvgIpc) is 2.55. The fraction of sp³-hybridized carbons (Fsp3) is 0.0588. The highest BCUT2D eigenvalue weighted by Gasteiger charge is 2.14. The van der Waals surface area contributed by atoms with Crippen molar-refractivity contribution in [2.45, 2.75) is 0 Å². The smallest absolute Gasteiger partial charge is 0.261 e. The van der Waals surface area contributed by atoms with E-state index in [0.29, 0.717) is 16.7 Å². The van der Waals surface area contributed by atoms with Crippen molar-refractivity contribution in [2.24, 2.45) is 0 Å². The molecule has 0 bridgehead atoms. The van der Waals surface area contributed by atoms with Gasteiger partial charge in [-0.15, -0.1) is 0 Å². The highest BCUT2D eigenvalue weighted by atomic mass is 19.1. The molecule has 0 fully saturated rings. The zero-order valence-electron chi connectivity index (χ0n) is 12.2. The monoisotopic (exact) mass is 312 g/mol. The summed E-state index contributed by atoms with van der Waals surface area (Å²) in [4.78, 5) is 12.3. The number of benzene rings is 2. The third-order valence-corrected chi connectivity index (χ3v) is 3.34. The molecule has 0 aliphatic carbocycles. The maximum atomic E-state index is 13.6. The van der Waals surface area contributed by atoms with Crippen LogP contribution in [0.4, 0.5) is 10.1 Å². The second-order valence-corrected chi connectivity index (χ2v) is 4.83. The van der Waals surface area contributed by atoms with Gasteiger partial charge in [0.25, 0.3) is 5.91 Å². The van der Waals surface area contributed by atoms with Crippen molar-refractivity contribution < 1.29 is 18.3 Å². The van der Waals surface area contributed by atoms with Gasteiger partial charge in [-0.1, -0.05) is 12.1 Å². The number of nitrogens with one attached hydrogen (secondary N) is 2. The molecule has 0 atom stereocenters. The second kappa shape index (κ2) is 5.92. The molecule has 3 aromatic rings. The zero-order chi connectivity index (χ0) is 16.4. The fourth-order valence-corrected chi connectivity index (χ4v) is 2.17. The van der Waals surface area contributed by atoms with Crippen LogP contribution in [0.2, 0.25) is 0 Å². The second-order valence-electron chi connectivity index (χ2n) is 4.83.